The van der Waals surface area contributed by atoms with Crippen LogP contribution in [0.15, 0.2) is 48.5 Å². The van der Waals surface area contributed by atoms with E-state index in [9.17, 15) is 18.8 Å². The Kier molecular flexibility index (Phi) is 5.86. The molecular formula is C25H27FN2O4. The summed E-state index contributed by atoms with van der Waals surface area (Å²) in [5.74, 6) is -3.52. The quantitative estimate of drug-likeness (QED) is 0.550. The van der Waals surface area contributed by atoms with Crippen LogP contribution in [0.4, 0.5) is 10.1 Å². The minimum atomic E-state index is -1.32. The molecule has 4 rings (SSSR count). The summed E-state index contributed by atoms with van der Waals surface area (Å²) in [6.07, 6.45) is 0.971. The third-order valence-corrected chi connectivity index (χ3v) is 6.55. The molecule has 0 radical (unpaired) electrons. The van der Waals surface area contributed by atoms with E-state index in [1.807, 2.05) is 38.1 Å². The van der Waals surface area contributed by atoms with Gasteiger partial charge >= 0.3 is 5.97 Å². The number of amides is 2. The average molecular weight is 438 g/mol. The molecule has 0 aliphatic carbocycles. The van der Waals surface area contributed by atoms with Gasteiger partial charge in [-0.25, -0.2) is 9.29 Å². The van der Waals surface area contributed by atoms with E-state index < -0.39 is 47.0 Å². The molecule has 7 heteroatoms. The van der Waals surface area contributed by atoms with Crippen LogP contribution in [0.3, 0.4) is 0 Å². The third-order valence-electron chi connectivity index (χ3n) is 6.55. The van der Waals surface area contributed by atoms with Gasteiger partial charge < -0.3 is 4.74 Å². The molecular weight excluding hydrogens is 411 g/mol. The van der Waals surface area contributed by atoms with Crippen LogP contribution in [0.2, 0.25) is 0 Å². The summed E-state index contributed by atoms with van der Waals surface area (Å²) in [7, 11) is 0. The molecule has 2 aromatic carbocycles. The number of aryl methyl sites for hydroxylation is 1. The van der Waals surface area contributed by atoms with E-state index in [1.54, 1.807) is 6.92 Å². The maximum absolute atomic E-state index is 13.7. The van der Waals surface area contributed by atoms with Crippen molar-refractivity contribution in [2.45, 2.75) is 45.2 Å². The van der Waals surface area contributed by atoms with Crippen LogP contribution < -0.4 is 10.2 Å². The van der Waals surface area contributed by atoms with Crippen molar-refractivity contribution >= 4 is 23.5 Å². The summed E-state index contributed by atoms with van der Waals surface area (Å²) in [4.78, 5) is 41.8. The minimum absolute atomic E-state index is 0.169. The normalized spacial score (nSPS) is 27.0. The maximum Gasteiger partial charge on any atom is 0.327 e. The van der Waals surface area contributed by atoms with Crippen LogP contribution >= 0.6 is 0 Å². The van der Waals surface area contributed by atoms with Gasteiger partial charge in [-0.3, -0.25) is 19.7 Å². The molecule has 2 heterocycles. The Labute approximate surface area is 186 Å². The Morgan fingerprint density at radius 2 is 1.78 bits per heavy atom. The van der Waals surface area contributed by atoms with Crippen molar-refractivity contribution in [1.82, 2.24) is 5.32 Å². The first-order chi connectivity index (χ1) is 15.4. The zero-order valence-electron chi connectivity index (χ0n) is 18.4. The number of fused-ring (bicyclic) bond motifs is 1. The second-order valence-corrected chi connectivity index (χ2v) is 8.41. The van der Waals surface area contributed by atoms with Crippen molar-refractivity contribution in [1.29, 1.82) is 0 Å². The predicted molar refractivity (Wildman–Crippen MR) is 117 cm³/mol. The second kappa shape index (κ2) is 8.47. The van der Waals surface area contributed by atoms with Gasteiger partial charge in [-0.15, -0.1) is 0 Å². The molecule has 0 saturated carbocycles. The molecule has 2 aliphatic heterocycles. The molecule has 0 bridgehead atoms. The number of benzene rings is 2. The fourth-order valence-corrected chi connectivity index (χ4v) is 5.22. The first-order valence-electron chi connectivity index (χ1n) is 11.0. The number of halogens is 1. The lowest BCUT2D eigenvalue weighted by atomic mass is 9.76. The Morgan fingerprint density at radius 3 is 2.41 bits per heavy atom. The number of ether oxygens (including phenoxy) is 1. The van der Waals surface area contributed by atoms with Gasteiger partial charge in [0.1, 0.15) is 11.4 Å². The van der Waals surface area contributed by atoms with E-state index in [0.29, 0.717) is 18.5 Å². The Hall–Kier alpha value is -3.06. The average Bonchev–Trinajstić information content (AvgIpc) is 3.24. The molecule has 2 amide bonds. The fourth-order valence-electron chi connectivity index (χ4n) is 5.22. The summed E-state index contributed by atoms with van der Waals surface area (Å²) in [6.45, 7) is 5.75. The van der Waals surface area contributed by atoms with Gasteiger partial charge in [0, 0.05) is 6.04 Å². The van der Waals surface area contributed by atoms with Crippen LogP contribution in [-0.2, 0) is 19.1 Å². The van der Waals surface area contributed by atoms with Crippen molar-refractivity contribution in [3.05, 3.63) is 65.5 Å². The van der Waals surface area contributed by atoms with Crippen LogP contribution in [-0.4, -0.2) is 29.9 Å². The lowest BCUT2D eigenvalue weighted by Gasteiger charge is -2.32. The van der Waals surface area contributed by atoms with Crippen molar-refractivity contribution < 1.29 is 23.5 Å². The van der Waals surface area contributed by atoms with E-state index in [1.165, 1.54) is 24.3 Å². The largest absolute Gasteiger partial charge is 0.465 e. The summed E-state index contributed by atoms with van der Waals surface area (Å²) in [5.41, 5.74) is 0.810. The predicted octanol–water partition coefficient (Wildman–Crippen LogP) is 3.69. The van der Waals surface area contributed by atoms with Crippen molar-refractivity contribution in [2.24, 2.45) is 11.8 Å². The summed E-state index contributed by atoms with van der Waals surface area (Å²) in [5, 5.41) is 3.39. The minimum Gasteiger partial charge on any atom is -0.465 e. The highest BCUT2D eigenvalue weighted by atomic mass is 19.1. The number of nitrogens with zero attached hydrogens (tertiary/aromatic N) is 1. The van der Waals surface area contributed by atoms with Gasteiger partial charge in [0.15, 0.2) is 0 Å². The SMILES string of the molecule is CCC[C@]1(C(=O)OCC)N[C@@H](c2ccccc2C)[C@H]2C(=O)N(c3ccc(F)cc3)C(=O)[C@H]21. The first-order valence-corrected chi connectivity index (χ1v) is 11.0. The van der Waals surface area contributed by atoms with Crippen LogP contribution in [0.1, 0.15) is 43.9 Å². The molecule has 2 aromatic rings. The molecule has 32 heavy (non-hydrogen) atoms. The van der Waals surface area contributed by atoms with Crippen LogP contribution in [0.5, 0.6) is 0 Å². The summed E-state index contributed by atoms with van der Waals surface area (Å²) in [6, 6.07) is 12.4. The zero-order valence-corrected chi connectivity index (χ0v) is 18.4. The van der Waals surface area contributed by atoms with Gasteiger partial charge in [0.05, 0.1) is 24.1 Å². The number of anilines is 1. The van der Waals surface area contributed by atoms with E-state index in [-0.39, 0.29) is 6.61 Å². The lowest BCUT2D eigenvalue weighted by molar-refractivity contribution is -0.155. The van der Waals surface area contributed by atoms with Crippen molar-refractivity contribution in [3.63, 3.8) is 0 Å². The molecule has 0 aromatic heterocycles. The third kappa shape index (κ3) is 3.32. The van der Waals surface area contributed by atoms with Gasteiger partial charge in [-0.05, 0) is 55.7 Å². The number of carbonyl (C=O) groups excluding carboxylic acids is 3. The fraction of sp³-hybridized carbons (Fsp3) is 0.400. The summed E-state index contributed by atoms with van der Waals surface area (Å²) < 4.78 is 18.9. The number of rotatable bonds is 6. The Morgan fingerprint density at radius 1 is 1.09 bits per heavy atom. The van der Waals surface area contributed by atoms with Crippen LogP contribution in [0.25, 0.3) is 0 Å². The lowest BCUT2D eigenvalue weighted by Crippen LogP contribution is -2.56. The number of carbonyl (C=O) groups is 3. The van der Waals surface area contributed by atoms with E-state index in [2.05, 4.69) is 5.32 Å². The van der Waals surface area contributed by atoms with Crippen LogP contribution in [0, 0.1) is 24.6 Å². The van der Waals surface area contributed by atoms with Gasteiger partial charge in [0.2, 0.25) is 11.8 Å². The highest BCUT2D eigenvalue weighted by Gasteiger charge is 2.68. The molecule has 6 nitrogen and oxygen atoms in total. The van der Waals surface area contributed by atoms with E-state index in [0.717, 1.165) is 16.0 Å². The van der Waals surface area contributed by atoms with Gasteiger partial charge in [-0.1, -0.05) is 37.6 Å². The smallest absolute Gasteiger partial charge is 0.327 e. The van der Waals surface area contributed by atoms with Crippen molar-refractivity contribution in [2.75, 3.05) is 11.5 Å². The molecule has 2 saturated heterocycles. The zero-order chi connectivity index (χ0) is 23.0. The molecule has 168 valence electrons. The monoisotopic (exact) mass is 438 g/mol. The van der Waals surface area contributed by atoms with E-state index >= 15 is 0 Å². The van der Waals surface area contributed by atoms with Gasteiger partial charge in [-0.2, -0.15) is 0 Å². The topological polar surface area (TPSA) is 75.7 Å². The Bertz CT molecular complexity index is 1050. The molecule has 0 spiro atoms. The molecule has 2 fully saturated rings. The molecule has 2 aliphatic rings. The first kappa shape index (κ1) is 22.1. The highest BCUT2D eigenvalue weighted by Crippen LogP contribution is 2.52. The van der Waals surface area contributed by atoms with Gasteiger partial charge in [0.25, 0.3) is 0 Å². The van der Waals surface area contributed by atoms with Crippen molar-refractivity contribution in [3.8, 4) is 0 Å². The number of hydrogen-bond donors (Lipinski definition) is 1. The standard InChI is InChI=1S/C25H27FN2O4/c1-4-14-25(24(31)32-5-2)20-19(21(27-25)18-9-7-6-8-15(18)3)22(29)28(23(20)30)17-12-10-16(26)11-13-17/h6-13,19-21,27H,4-5,14H2,1-3H3/t19-,20-,21-,25-/m0/s1. The number of hydrogen-bond acceptors (Lipinski definition) is 5. The number of imide groups is 1. The summed E-state index contributed by atoms with van der Waals surface area (Å²) >= 11 is 0. The molecule has 1 N–H and O–H groups in total. The molecule has 4 atom stereocenters. The molecule has 0 unspecified atom stereocenters. The maximum atomic E-state index is 13.7. The Balaban J connectivity index is 1.87. The highest BCUT2D eigenvalue weighted by molar-refractivity contribution is 6.24. The number of esters is 1. The van der Waals surface area contributed by atoms with E-state index in [4.69, 9.17) is 4.74 Å². The number of nitrogens with one attached hydrogen (secondary N) is 1. The second-order valence-electron chi connectivity index (χ2n) is 8.41.